The first-order chi connectivity index (χ1) is 10.6. The Morgan fingerprint density at radius 3 is 2.77 bits per heavy atom. The molecule has 1 N–H and O–H groups in total. The van der Waals surface area contributed by atoms with Gasteiger partial charge in [0.15, 0.2) is 11.6 Å². The second-order valence-electron chi connectivity index (χ2n) is 4.87. The van der Waals surface area contributed by atoms with Crippen LogP contribution in [0.2, 0.25) is 0 Å². The molecule has 5 heteroatoms. The maximum atomic E-state index is 13.5. The van der Waals surface area contributed by atoms with Gasteiger partial charge in [-0.25, -0.2) is 9.18 Å². The second kappa shape index (κ2) is 5.89. The Bertz CT molecular complexity index is 826. The number of ether oxygens (including phenoxy) is 1. The van der Waals surface area contributed by atoms with Gasteiger partial charge >= 0.3 is 5.97 Å². The number of fused-ring (bicyclic) bond motifs is 1. The van der Waals surface area contributed by atoms with E-state index in [9.17, 15) is 9.18 Å². The molecule has 0 saturated carbocycles. The average Bonchev–Trinajstić information content (AvgIpc) is 2.91. The first kappa shape index (κ1) is 14.1. The van der Waals surface area contributed by atoms with E-state index in [-0.39, 0.29) is 11.3 Å². The second-order valence-corrected chi connectivity index (χ2v) is 4.87. The Morgan fingerprint density at radius 1 is 1.18 bits per heavy atom. The number of para-hydroxylation sites is 1. The minimum Gasteiger partial charge on any atom is -0.489 e. The van der Waals surface area contributed by atoms with Crippen LogP contribution in [0, 0.1) is 5.82 Å². The van der Waals surface area contributed by atoms with Gasteiger partial charge in [0.2, 0.25) is 0 Å². The number of halogens is 1. The molecule has 3 rings (SSSR count). The van der Waals surface area contributed by atoms with Crippen LogP contribution in [0.15, 0.2) is 54.7 Å². The van der Waals surface area contributed by atoms with Gasteiger partial charge in [0, 0.05) is 11.7 Å². The standard InChI is InChI=1S/C17H14FNO3/c18-14-3-1-2-4-16(14)22-10-9-19-8-7-12-5-6-13(17(20)21)11-15(12)19/h1-8,11H,9-10H2,(H,20,21). The van der Waals surface area contributed by atoms with Gasteiger partial charge in [-0.1, -0.05) is 18.2 Å². The van der Waals surface area contributed by atoms with Crippen LogP contribution in [0.3, 0.4) is 0 Å². The van der Waals surface area contributed by atoms with Gasteiger partial charge in [0.1, 0.15) is 6.61 Å². The third-order valence-corrected chi connectivity index (χ3v) is 3.45. The molecule has 3 aromatic rings. The molecule has 112 valence electrons. The van der Waals surface area contributed by atoms with Crippen LogP contribution in [0.5, 0.6) is 5.75 Å². The molecule has 0 unspecified atom stereocenters. The van der Waals surface area contributed by atoms with Crippen molar-refractivity contribution < 1.29 is 19.0 Å². The van der Waals surface area contributed by atoms with Crippen molar-refractivity contribution in [2.45, 2.75) is 6.54 Å². The minimum atomic E-state index is -0.961. The number of carboxylic acids is 1. The topological polar surface area (TPSA) is 51.5 Å². The highest BCUT2D eigenvalue weighted by molar-refractivity contribution is 5.93. The van der Waals surface area contributed by atoms with E-state index in [1.807, 2.05) is 16.8 Å². The van der Waals surface area contributed by atoms with E-state index in [0.29, 0.717) is 13.2 Å². The molecule has 0 radical (unpaired) electrons. The van der Waals surface area contributed by atoms with Crippen LogP contribution in [0.1, 0.15) is 10.4 Å². The molecular weight excluding hydrogens is 285 g/mol. The lowest BCUT2D eigenvalue weighted by atomic mass is 10.2. The molecule has 0 aliphatic heterocycles. The number of hydrogen-bond acceptors (Lipinski definition) is 2. The zero-order valence-electron chi connectivity index (χ0n) is 11.7. The lowest BCUT2D eigenvalue weighted by Gasteiger charge is -2.09. The summed E-state index contributed by atoms with van der Waals surface area (Å²) in [6, 6.07) is 13.1. The molecule has 0 atom stereocenters. The number of aromatic nitrogens is 1. The van der Waals surface area contributed by atoms with Gasteiger partial charge in [0.25, 0.3) is 0 Å². The molecule has 4 nitrogen and oxygen atoms in total. The van der Waals surface area contributed by atoms with Crippen molar-refractivity contribution in [1.82, 2.24) is 4.57 Å². The number of carboxylic acid groups (broad SMARTS) is 1. The van der Waals surface area contributed by atoms with Crippen molar-refractivity contribution >= 4 is 16.9 Å². The number of aromatic carboxylic acids is 1. The molecule has 0 aliphatic rings. The highest BCUT2D eigenvalue weighted by Crippen LogP contribution is 2.19. The molecule has 0 bridgehead atoms. The summed E-state index contributed by atoms with van der Waals surface area (Å²) in [7, 11) is 0. The van der Waals surface area contributed by atoms with Gasteiger partial charge in [-0.2, -0.15) is 0 Å². The number of carbonyl (C=O) groups is 1. The number of benzene rings is 2. The number of hydrogen-bond donors (Lipinski definition) is 1. The Kier molecular flexibility index (Phi) is 3.78. The zero-order chi connectivity index (χ0) is 15.5. The zero-order valence-corrected chi connectivity index (χ0v) is 11.7. The third kappa shape index (κ3) is 2.79. The van der Waals surface area contributed by atoms with Crippen molar-refractivity contribution in [3.05, 3.63) is 66.1 Å². The number of rotatable bonds is 5. The maximum absolute atomic E-state index is 13.5. The predicted octanol–water partition coefficient (Wildman–Crippen LogP) is 3.56. The Morgan fingerprint density at radius 2 is 2.00 bits per heavy atom. The van der Waals surface area contributed by atoms with E-state index in [4.69, 9.17) is 9.84 Å². The largest absolute Gasteiger partial charge is 0.489 e. The predicted molar refractivity (Wildman–Crippen MR) is 80.8 cm³/mol. The summed E-state index contributed by atoms with van der Waals surface area (Å²) in [6.07, 6.45) is 1.86. The summed E-state index contributed by atoms with van der Waals surface area (Å²) in [5, 5.41) is 10.0. The molecule has 0 aliphatic carbocycles. The van der Waals surface area contributed by atoms with E-state index in [2.05, 4.69) is 0 Å². The summed E-state index contributed by atoms with van der Waals surface area (Å²) >= 11 is 0. The van der Waals surface area contributed by atoms with E-state index < -0.39 is 11.8 Å². The first-order valence-electron chi connectivity index (χ1n) is 6.84. The monoisotopic (exact) mass is 299 g/mol. The average molecular weight is 299 g/mol. The van der Waals surface area contributed by atoms with Crippen molar-refractivity contribution in [2.75, 3.05) is 6.61 Å². The molecular formula is C17H14FNO3. The Labute approximate surface area is 126 Å². The van der Waals surface area contributed by atoms with Crippen LogP contribution < -0.4 is 4.74 Å². The van der Waals surface area contributed by atoms with Gasteiger partial charge in [0.05, 0.1) is 12.1 Å². The minimum absolute atomic E-state index is 0.213. The molecule has 0 fully saturated rings. The maximum Gasteiger partial charge on any atom is 0.335 e. The Balaban J connectivity index is 1.75. The molecule has 0 saturated heterocycles. The molecule has 1 aromatic heterocycles. The molecule has 1 heterocycles. The van der Waals surface area contributed by atoms with Crippen LogP contribution in [0.25, 0.3) is 10.9 Å². The third-order valence-electron chi connectivity index (χ3n) is 3.45. The summed E-state index contributed by atoms with van der Waals surface area (Å²) in [6.45, 7) is 0.795. The lowest BCUT2D eigenvalue weighted by molar-refractivity contribution is 0.0697. The van der Waals surface area contributed by atoms with Crippen molar-refractivity contribution in [1.29, 1.82) is 0 Å². The normalized spacial score (nSPS) is 10.8. The van der Waals surface area contributed by atoms with Crippen molar-refractivity contribution in [3.63, 3.8) is 0 Å². The highest BCUT2D eigenvalue weighted by Gasteiger charge is 2.07. The lowest BCUT2D eigenvalue weighted by Crippen LogP contribution is -2.08. The molecule has 0 amide bonds. The fraction of sp³-hybridized carbons (Fsp3) is 0.118. The summed E-state index contributed by atoms with van der Waals surface area (Å²) in [5.41, 5.74) is 1.06. The molecule has 22 heavy (non-hydrogen) atoms. The van der Waals surface area contributed by atoms with Crippen LogP contribution in [-0.2, 0) is 6.54 Å². The molecule has 0 spiro atoms. The SMILES string of the molecule is O=C(O)c1ccc2ccn(CCOc3ccccc3F)c2c1. The smallest absolute Gasteiger partial charge is 0.335 e. The van der Waals surface area contributed by atoms with Crippen molar-refractivity contribution in [2.24, 2.45) is 0 Å². The van der Waals surface area contributed by atoms with Gasteiger partial charge in [-0.3, -0.25) is 0 Å². The molecule has 2 aromatic carbocycles. The van der Waals surface area contributed by atoms with Gasteiger partial charge < -0.3 is 14.4 Å². The summed E-state index contributed by atoms with van der Waals surface area (Å²) in [4.78, 5) is 11.0. The van der Waals surface area contributed by atoms with Crippen molar-refractivity contribution in [3.8, 4) is 5.75 Å². The first-order valence-corrected chi connectivity index (χ1v) is 6.84. The summed E-state index contributed by atoms with van der Waals surface area (Å²) in [5.74, 6) is -1.14. The fourth-order valence-corrected chi connectivity index (χ4v) is 2.33. The van der Waals surface area contributed by atoms with Crippen LogP contribution in [-0.4, -0.2) is 22.2 Å². The van der Waals surface area contributed by atoms with Gasteiger partial charge in [-0.15, -0.1) is 0 Å². The number of nitrogens with zero attached hydrogens (tertiary/aromatic N) is 1. The quantitative estimate of drug-likeness (QED) is 0.783. The van der Waals surface area contributed by atoms with E-state index in [1.165, 1.54) is 6.07 Å². The summed E-state index contributed by atoms with van der Waals surface area (Å²) < 4.78 is 20.8. The Hall–Kier alpha value is -2.82. The van der Waals surface area contributed by atoms with Crippen LogP contribution >= 0.6 is 0 Å². The van der Waals surface area contributed by atoms with E-state index in [1.54, 1.807) is 36.4 Å². The van der Waals surface area contributed by atoms with Crippen LogP contribution in [0.4, 0.5) is 4.39 Å². The van der Waals surface area contributed by atoms with E-state index in [0.717, 1.165) is 10.9 Å². The van der Waals surface area contributed by atoms with Gasteiger partial charge in [-0.05, 0) is 35.7 Å². The fourth-order valence-electron chi connectivity index (χ4n) is 2.33. The van der Waals surface area contributed by atoms with E-state index >= 15 is 0 Å². The highest BCUT2D eigenvalue weighted by atomic mass is 19.1.